The minimum atomic E-state index is -2.78. The van der Waals surface area contributed by atoms with E-state index in [9.17, 15) is 8.42 Å². The Morgan fingerprint density at radius 2 is 2.00 bits per heavy atom. The van der Waals surface area contributed by atoms with E-state index in [4.69, 9.17) is 0 Å². The molecule has 1 saturated heterocycles. The third kappa shape index (κ3) is 2.70. The monoisotopic (exact) mass is 279 g/mol. The molecule has 1 aromatic rings. The lowest BCUT2D eigenvalue weighted by Crippen LogP contribution is -2.36. The standard InChI is InChI=1S/C15H21NO2S/c1-16-15(12-7-8-19(17,18)10-12)14-9-13(14)11-5-3-2-4-6-11/h2-6,12-16H,7-10H2,1H3. The highest BCUT2D eigenvalue weighted by molar-refractivity contribution is 7.91. The zero-order valence-corrected chi connectivity index (χ0v) is 12.1. The highest BCUT2D eigenvalue weighted by Crippen LogP contribution is 2.51. The second kappa shape index (κ2) is 4.91. The Morgan fingerprint density at radius 1 is 1.26 bits per heavy atom. The summed E-state index contributed by atoms with van der Waals surface area (Å²) in [6.07, 6.45) is 2.01. The average molecular weight is 279 g/mol. The lowest BCUT2D eigenvalue weighted by atomic mass is 9.93. The van der Waals surface area contributed by atoms with Crippen molar-refractivity contribution in [3.8, 4) is 0 Å². The van der Waals surface area contributed by atoms with Crippen molar-refractivity contribution >= 4 is 9.84 Å². The van der Waals surface area contributed by atoms with Crippen LogP contribution in [0.15, 0.2) is 30.3 Å². The van der Waals surface area contributed by atoms with Crippen molar-refractivity contribution in [2.45, 2.75) is 24.8 Å². The Kier molecular flexibility index (Phi) is 3.39. The van der Waals surface area contributed by atoms with E-state index in [0.29, 0.717) is 35.3 Å². The van der Waals surface area contributed by atoms with Crippen LogP contribution in [0.25, 0.3) is 0 Å². The van der Waals surface area contributed by atoms with Gasteiger partial charge in [0.05, 0.1) is 11.5 Å². The largest absolute Gasteiger partial charge is 0.316 e. The summed E-state index contributed by atoms with van der Waals surface area (Å²) in [6.45, 7) is 0. The van der Waals surface area contributed by atoms with Gasteiger partial charge < -0.3 is 5.32 Å². The molecule has 3 nitrogen and oxygen atoms in total. The fourth-order valence-corrected chi connectivity index (χ4v) is 5.46. The summed E-state index contributed by atoms with van der Waals surface area (Å²) in [5, 5.41) is 3.38. The van der Waals surface area contributed by atoms with Gasteiger partial charge in [-0.3, -0.25) is 0 Å². The third-order valence-corrected chi connectivity index (χ3v) is 6.43. The quantitative estimate of drug-likeness (QED) is 0.914. The van der Waals surface area contributed by atoms with Gasteiger partial charge in [-0.1, -0.05) is 30.3 Å². The Bertz CT molecular complexity index is 541. The number of sulfone groups is 1. The van der Waals surface area contributed by atoms with Crippen molar-refractivity contribution in [3.05, 3.63) is 35.9 Å². The summed E-state index contributed by atoms with van der Waals surface area (Å²) < 4.78 is 23.3. The van der Waals surface area contributed by atoms with E-state index in [1.54, 1.807) is 0 Å². The number of rotatable bonds is 4. The molecule has 0 radical (unpaired) electrons. The molecule has 4 unspecified atom stereocenters. The van der Waals surface area contributed by atoms with Crippen LogP contribution >= 0.6 is 0 Å². The summed E-state index contributed by atoms with van der Waals surface area (Å²) >= 11 is 0. The van der Waals surface area contributed by atoms with Gasteiger partial charge in [0.1, 0.15) is 0 Å². The van der Waals surface area contributed by atoms with E-state index in [1.807, 2.05) is 13.1 Å². The number of hydrogen-bond donors (Lipinski definition) is 1. The van der Waals surface area contributed by atoms with Crippen LogP contribution in [-0.2, 0) is 9.84 Å². The average Bonchev–Trinajstić information content (AvgIpc) is 3.10. The van der Waals surface area contributed by atoms with Crippen LogP contribution in [0.3, 0.4) is 0 Å². The van der Waals surface area contributed by atoms with Crippen LogP contribution in [0.4, 0.5) is 0 Å². The van der Waals surface area contributed by atoms with Gasteiger partial charge >= 0.3 is 0 Å². The molecule has 1 heterocycles. The van der Waals surface area contributed by atoms with Crippen molar-refractivity contribution in [2.24, 2.45) is 11.8 Å². The molecule has 2 aliphatic rings. The molecule has 0 bridgehead atoms. The van der Waals surface area contributed by atoms with Gasteiger partial charge in [-0.2, -0.15) is 0 Å². The third-order valence-electron chi connectivity index (χ3n) is 4.64. The minimum Gasteiger partial charge on any atom is -0.316 e. The molecule has 1 saturated carbocycles. The highest BCUT2D eigenvalue weighted by atomic mass is 32.2. The van der Waals surface area contributed by atoms with Crippen molar-refractivity contribution in [1.29, 1.82) is 0 Å². The van der Waals surface area contributed by atoms with Gasteiger partial charge in [-0.25, -0.2) is 8.42 Å². The fourth-order valence-electron chi connectivity index (χ4n) is 3.60. The fraction of sp³-hybridized carbons (Fsp3) is 0.600. The second-order valence-electron chi connectivity index (χ2n) is 5.89. The topological polar surface area (TPSA) is 46.2 Å². The number of nitrogens with one attached hydrogen (secondary N) is 1. The predicted molar refractivity (Wildman–Crippen MR) is 76.9 cm³/mol. The van der Waals surface area contributed by atoms with E-state index >= 15 is 0 Å². The molecule has 2 fully saturated rings. The maximum absolute atomic E-state index is 11.6. The maximum atomic E-state index is 11.6. The zero-order chi connectivity index (χ0) is 13.5. The molecule has 4 atom stereocenters. The summed E-state index contributed by atoms with van der Waals surface area (Å²) in [7, 11) is -0.810. The van der Waals surface area contributed by atoms with Crippen LogP contribution in [0.2, 0.25) is 0 Å². The lowest BCUT2D eigenvalue weighted by molar-refractivity contribution is 0.362. The molecule has 3 rings (SSSR count). The molecule has 0 amide bonds. The Labute approximate surface area is 115 Å². The molecule has 1 aromatic carbocycles. The Hall–Kier alpha value is -0.870. The van der Waals surface area contributed by atoms with Gasteiger partial charge in [0.2, 0.25) is 0 Å². The zero-order valence-electron chi connectivity index (χ0n) is 11.2. The molecule has 1 aliphatic carbocycles. The molecule has 104 valence electrons. The van der Waals surface area contributed by atoms with Crippen molar-refractivity contribution in [1.82, 2.24) is 5.32 Å². The van der Waals surface area contributed by atoms with E-state index < -0.39 is 9.84 Å². The minimum absolute atomic E-state index is 0.300. The van der Waals surface area contributed by atoms with Gasteiger partial charge in [0.15, 0.2) is 9.84 Å². The Balaban J connectivity index is 1.69. The summed E-state index contributed by atoms with van der Waals surface area (Å²) in [5.74, 6) is 2.26. The molecule has 0 spiro atoms. The summed E-state index contributed by atoms with van der Waals surface area (Å²) in [6, 6.07) is 10.9. The first kappa shape index (κ1) is 13.1. The predicted octanol–water partition coefficient (Wildman–Crippen LogP) is 1.81. The van der Waals surface area contributed by atoms with E-state index in [1.165, 1.54) is 12.0 Å². The molecular weight excluding hydrogens is 258 g/mol. The van der Waals surface area contributed by atoms with Crippen LogP contribution in [0, 0.1) is 11.8 Å². The summed E-state index contributed by atoms with van der Waals surface area (Å²) in [4.78, 5) is 0. The van der Waals surface area contributed by atoms with Crippen molar-refractivity contribution < 1.29 is 8.42 Å². The first-order valence-corrected chi connectivity index (χ1v) is 8.85. The van der Waals surface area contributed by atoms with Crippen LogP contribution < -0.4 is 5.32 Å². The van der Waals surface area contributed by atoms with E-state index in [-0.39, 0.29) is 0 Å². The number of hydrogen-bond acceptors (Lipinski definition) is 3. The second-order valence-corrected chi connectivity index (χ2v) is 8.12. The molecular formula is C15H21NO2S. The van der Waals surface area contributed by atoms with Crippen molar-refractivity contribution in [3.63, 3.8) is 0 Å². The molecule has 4 heteroatoms. The van der Waals surface area contributed by atoms with Gasteiger partial charge in [-0.15, -0.1) is 0 Å². The van der Waals surface area contributed by atoms with Crippen LogP contribution in [0.1, 0.15) is 24.3 Å². The van der Waals surface area contributed by atoms with Gasteiger partial charge in [-0.05, 0) is 43.2 Å². The van der Waals surface area contributed by atoms with Crippen LogP contribution in [0.5, 0.6) is 0 Å². The Morgan fingerprint density at radius 3 is 2.58 bits per heavy atom. The lowest BCUT2D eigenvalue weighted by Gasteiger charge is -2.22. The van der Waals surface area contributed by atoms with Gasteiger partial charge in [0, 0.05) is 6.04 Å². The molecule has 0 aromatic heterocycles. The SMILES string of the molecule is CNC(C1CCS(=O)(=O)C1)C1CC1c1ccccc1. The maximum Gasteiger partial charge on any atom is 0.150 e. The molecule has 19 heavy (non-hydrogen) atoms. The van der Waals surface area contributed by atoms with Gasteiger partial charge in [0.25, 0.3) is 0 Å². The van der Waals surface area contributed by atoms with E-state index in [0.717, 1.165) is 6.42 Å². The first-order valence-electron chi connectivity index (χ1n) is 7.03. The van der Waals surface area contributed by atoms with Crippen molar-refractivity contribution in [2.75, 3.05) is 18.6 Å². The first-order chi connectivity index (χ1) is 9.11. The normalized spacial score (nSPS) is 34.1. The molecule has 1 aliphatic heterocycles. The highest BCUT2D eigenvalue weighted by Gasteiger charge is 2.47. The van der Waals surface area contributed by atoms with Crippen LogP contribution in [-0.4, -0.2) is 33.0 Å². The number of benzene rings is 1. The smallest absolute Gasteiger partial charge is 0.150 e. The molecule has 1 N–H and O–H groups in total. The van der Waals surface area contributed by atoms with E-state index in [2.05, 4.69) is 29.6 Å². The summed E-state index contributed by atoms with van der Waals surface area (Å²) in [5.41, 5.74) is 1.40.